The topological polar surface area (TPSA) is 110 Å². The Balaban J connectivity index is 1.69. The number of aromatic nitrogens is 1. The second-order valence-corrected chi connectivity index (χ2v) is 6.10. The van der Waals surface area contributed by atoms with Crippen molar-refractivity contribution in [3.05, 3.63) is 57.4 Å². The van der Waals surface area contributed by atoms with Gasteiger partial charge < -0.3 is 15.1 Å². The van der Waals surface area contributed by atoms with E-state index in [0.717, 1.165) is 0 Å². The number of hydrogen-bond acceptors (Lipinski definition) is 6. The quantitative estimate of drug-likeness (QED) is 0.513. The number of aryl methyl sites for hydroxylation is 1. The number of benzene rings is 2. The first-order chi connectivity index (χ1) is 12.3. The number of carbonyl (C=O) groups is 1. The summed E-state index contributed by atoms with van der Waals surface area (Å²) in [7, 11) is 0. The van der Waals surface area contributed by atoms with Gasteiger partial charge >= 0.3 is 0 Å². The van der Waals surface area contributed by atoms with Crippen molar-refractivity contribution in [2.75, 3.05) is 10.6 Å². The zero-order valence-corrected chi connectivity index (χ0v) is 14.7. The second-order valence-electron chi connectivity index (χ2n) is 5.69. The molecule has 1 heterocycles. The molecule has 0 fully saturated rings. The Kier molecular flexibility index (Phi) is 4.77. The minimum atomic E-state index is -0.577. The van der Waals surface area contributed by atoms with Crippen molar-refractivity contribution in [2.45, 2.75) is 19.9 Å². The van der Waals surface area contributed by atoms with Gasteiger partial charge in [0.1, 0.15) is 11.6 Å². The number of anilines is 2. The lowest BCUT2D eigenvalue weighted by atomic mass is 10.2. The Bertz CT molecular complexity index is 1000. The van der Waals surface area contributed by atoms with Crippen molar-refractivity contribution >= 4 is 45.7 Å². The molecule has 1 amide bonds. The van der Waals surface area contributed by atoms with Crippen molar-refractivity contribution in [3.63, 3.8) is 0 Å². The van der Waals surface area contributed by atoms with Crippen LogP contribution >= 0.6 is 11.6 Å². The number of rotatable bonds is 5. The van der Waals surface area contributed by atoms with Crippen LogP contribution in [0.3, 0.4) is 0 Å². The monoisotopic (exact) mass is 374 g/mol. The third kappa shape index (κ3) is 3.75. The number of halogens is 1. The summed E-state index contributed by atoms with van der Waals surface area (Å²) in [5, 5.41) is 16.5. The van der Waals surface area contributed by atoms with Gasteiger partial charge in [0.25, 0.3) is 5.69 Å². The van der Waals surface area contributed by atoms with Gasteiger partial charge in [-0.15, -0.1) is 0 Å². The van der Waals surface area contributed by atoms with E-state index in [0.29, 0.717) is 28.4 Å². The molecule has 9 heteroatoms. The molecule has 3 rings (SSSR count). The summed E-state index contributed by atoms with van der Waals surface area (Å²) in [4.78, 5) is 26.8. The Morgan fingerprint density at radius 2 is 2.08 bits per heavy atom. The molecule has 1 unspecified atom stereocenters. The minimum absolute atomic E-state index is 0.0965. The van der Waals surface area contributed by atoms with Crippen molar-refractivity contribution in [3.8, 4) is 0 Å². The van der Waals surface area contributed by atoms with Crippen LogP contribution in [-0.2, 0) is 4.79 Å². The number of non-ortho nitro benzene ring substituents is 1. The predicted octanol–water partition coefficient (Wildman–Crippen LogP) is 4.14. The van der Waals surface area contributed by atoms with Gasteiger partial charge in [0.05, 0.1) is 15.6 Å². The fourth-order valence-corrected chi connectivity index (χ4v) is 2.63. The zero-order chi connectivity index (χ0) is 18.8. The molecular weight excluding hydrogens is 360 g/mol. The van der Waals surface area contributed by atoms with E-state index in [2.05, 4.69) is 15.6 Å². The van der Waals surface area contributed by atoms with Crippen molar-refractivity contribution in [2.24, 2.45) is 0 Å². The molecule has 0 bridgehead atoms. The number of nitrogens with one attached hydrogen (secondary N) is 2. The van der Waals surface area contributed by atoms with Crippen LogP contribution in [0.2, 0.25) is 5.02 Å². The molecule has 0 aliphatic rings. The average Bonchev–Trinajstić information content (AvgIpc) is 2.95. The first-order valence-corrected chi connectivity index (χ1v) is 8.10. The molecule has 1 aromatic heterocycles. The Morgan fingerprint density at radius 3 is 2.77 bits per heavy atom. The molecule has 1 atom stereocenters. The number of nitro groups is 1. The van der Waals surface area contributed by atoms with Crippen LogP contribution in [0.4, 0.5) is 17.1 Å². The van der Waals surface area contributed by atoms with Crippen molar-refractivity contribution in [1.82, 2.24) is 4.98 Å². The molecule has 134 valence electrons. The van der Waals surface area contributed by atoms with Gasteiger partial charge in [-0.2, -0.15) is 0 Å². The number of hydrogen-bond donors (Lipinski definition) is 2. The van der Waals surface area contributed by atoms with E-state index >= 15 is 0 Å². The third-order valence-electron chi connectivity index (χ3n) is 3.69. The number of fused-ring (bicyclic) bond motifs is 1. The average molecular weight is 375 g/mol. The molecule has 8 nitrogen and oxygen atoms in total. The normalized spacial score (nSPS) is 12.0. The number of oxazole rings is 1. The molecule has 3 aromatic rings. The maximum atomic E-state index is 12.4. The second kappa shape index (κ2) is 7.01. The molecule has 26 heavy (non-hydrogen) atoms. The summed E-state index contributed by atoms with van der Waals surface area (Å²) in [5.74, 6) is 0.230. The van der Waals surface area contributed by atoms with Gasteiger partial charge in [-0.3, -0.25) is 14.9 Å². The number of nitrogens with zero attached hydrogens (tertiary/aromatic N) is 2. The summed E-state index contributed by atoms with van der Waals surface area (Å²) >= 11 is 5.99. The lowest BCUT2D eigenvalue weighted by molar-refractivity contribution is -0.384. The van der Waals surface area contributed by atoms with E-state index in [-0.39, 0.29) is 16.6 Å². The molecule has 0 aliphatic heterocycles. The summed E-state index contributed by atoms with van der Waals surface area (Å²) in [6, 6.07) is 8.64. The van der Waals surface area contributed by atoms with Gasteiger partial charge in [0.15, 0.2) is 11.5 Å². The molecule has 0 saturated carbocycles. The van der Waals surface area contributed by atoms with E-state index in [1.165, 1.54) is 18.2 Å². The highest BCUT2D eigenvalue weighted by Crippen LogP contribution is 2.27. The lowest BCUT2D eigenvalue weighted by Gasteiger charge is -2.15. The van der Waals surface area contributed by atoms with Crippen LogP contribution in [0.5, 0.6) is 0 Å². The highest BCUT2D eigenvalue weighted by molar-refractivity contribution is 6.34. The fourth-order valence-electron chi connectivity index (χ4n) is 2.41. The zero-order valence-electron chi connectivity index (χ0n) is 13.9. The fraction of sp³-hybridized carbons (Fsp3) is 0.176. The molecular formula is C17H15ClN4O4. The van der Waals surface area contributed by atoms with Crippen LogP contribution in [0, 0.1) is 17.0 Å². The SMILES string of the molecule is Cc1nc2cc(NC(C)C(=O)Nc3ccc([N+](=O)[O-])cc3Cl)ccc2o1. The van der Waals surface area contributed by atoms with E-state index in [9.17, 15) is 14.9 Å². The highest BCUT2D eigenvalue weighted by Gasteiger charge is 2.16. The number of carbonyl (C=O) groups excluding carboxylic acids is 1. The Labute approximate surface area is 153 Å². The van der Waals surface area contributed by atoms with E-state index in [1.807, 2.05) is 0 Å². The van der Waals surface area contributed by atoms with Gasteiger partial charge in [-0.25, -0.2) is 4.98 Å². The number of amides is 1. The Morgan fingerprint density at radius 1 is 1.31 bits per heavy atom. The molecule has 0 radical (unpaired) electrons. The molecule has 0 spiro atoms. The summed E-state index contributed by atoms with van der Waals surface area (Å²) < 4.78 is 5.41. The first-order valence-electron chi connectivity index (χ1n) is 7.72. The standard InChI is InChI=1S/C17H15ClN4O4/c1-9(19-11-3-6-16-15(7-11)20-10(2)26-16)17(23)21-14-5-4-12(22(24)25)8-13(14)18/h3-9,19H,1-2H3,(H,21,23). The number of nitro benzene ring substituents is 1. The van der Waals surface area contributed by atoms with Crippen LogP contribution in [0.25, 0.3) is 11.1 Å². The van der Waals surface area contributed by atoms with Gasteiger partial charge in [-0.1, -0.05) is 11.6 Å². The van der Waals surface area contributed by atoms with Gasteiger partial charge in [-0.05, 0) is 31.2 Å². The highest BCUT2D eigenvalue weighted by atomic mass is 35.5. The molecule has 0 saturated heterocycles. The van der Waals surface area contributed by atoms with E-state index < -0.39 is 11.0 Å². The smallest absolute Gasteiger partial charge is 0.271 e. The van der Waals surface area contributed by atoms with Crippen LogP contribution in [0.15, 0.2) is 40.8 Å². The summed E-state index contributed by atoms with van der Waals surface area (Å²) in [6.07, 6.45) is 0. The molecule has 2 aromatic carbocycles. The molecule has 0 aliphatic carbocycles. The van der Waals surface area contributed by atoms with E-state index in [1.54, 1.807) is 32.0 Å². The van der Waals surface area contributed by atoms with Crippen molar-refractivity contribution < 1.29 is 14.1 Å². The maximum Gasteiger partial charge on any atom is 0.271 e. The third-order valence-corrected chi connectivity index (χ3v) is 4.01. The van der Waals surface area contributed by atoms with Crippen LogP contribution < -0.4 is 10.6 Å². The minimum Gasteiger partial charge on any atom is -0.441 e. The Hall–Kier alpha value is -3.13. The van der Waals surface area contributed by atoms with Gasteiger partial charge in [0, 0.05) is 24.7 Å². The predicted molar refractivity (Wildman–Crippen MR) is 98.6 cm³/mol. The summed E-state index contributed by atoms with van der Waals surface area (Å²) in [5.41, 5.74) is 2.23. The van der Waals surface area contributed by atoms with Gasteiger partial charge in [0.2, 0.25) is 5.91 Å². The van der Waals surface area contributed by atoms with Crippen LogP contribution in [0.1, 0.15) is 12.8 Å². The lowest BCUT2D eigenvalue weighted by Crippen LogP contribution is -2.31. The van der Waals surface area contributed by atoms with E-state index in [4.69, 9.17) is 16.0 Å². The van der Waals surface area contributed by atoms with Crippen molar-refractivity contribution in [1.29, 1.82) is 0 Å². The summed E-state index contributed by atoms with van der Waals surface area (Å²) in [6.45, 7) is 3.45. The van der Waals surface area contributed by atoms with Crippen LogP contribution in [-0.4, -0.2) is 21.9 Å². The largest absolute Gasteiger partial charge is 0.441 e. The maximum absolute atomic E-state index is 12.4. The molecule has 2 N–H and O–H groups in total. The first kappa shape index (κ1) is 17.7.